The van der Waals surface area contributed by atoms with E-state index in [0.717, 1.165) is 38.5 Å². The molecular weight excluding hydrogens is 640 g/mol. The highest BCUT2D eigenvalue weighted by molar-refractivity contribution is 5.95. The third-order valence-corrected chi connectivity index (χ3v) is 8.64. The zero-order valence-corrected chi connectivity index (χ0v) is 31.2. The number of carboxylic acids is 1. The van der Waals surface area contributed by atoms with Gasteiger partial charge in [0.2, 0.25) is 23.6 Å². The number of nitrogens with one attached hydrogen (secondary N) is 4. The predicted molar refractivity (Wildman–Crippen MR) is 198 cm³/mol. The molecule has 0 saturated heterocycles. The minimum absolute atomic E-state index is 0.180. The van der Waals surface area contributed by atoms with Crippen molar-refractivity contribution in [1.29, 1.82) is 0 Å². The monoisotopic (exact) mass is 711 g/mol. The van der Waals surface area contributed by atoms with Gasteiger partial charge in [0.25, 0.3) is 0 Å². The van der Waals surface area contributed by atoms with Crippen LogP contribution in [0.3, 0.4) is 0 Å². The Morgan fingerprint density at radius 2 is 1.12 bits per heavy atom. The van der Waals surface area contributed by atoms with Crippen molar-refractivity contribution < 1.29 is 34.2 Å². The Balaban J connectivity index is 4.80. The number of amides is 4. The first kappa shape index (κ1) is 47.0. The number of carbonyl (C=O) groups excluding carboxylic acids is 4. The summed E-state index contributed by atoms with van der Waals surface area (Å²) in [6.07, 6.45) is 21.3. The van der Waals surface area contributed by atoms with Gasteiger partial charge in [0, 0.05) is 6.42 Å². The largest absolute Gasteiger partial charge is 0.480 e. The number of nitrogens with two attached hydrogens (primary N) is 2. The maximum Gasteiger partial charge on any atom is 0.326 e. The number of aliphatic hydroxyl groups excluding tert-OH is 1. The van der Waals surface area contributed by atoms with Crippen molar-refractivity contribution >= 4 is 29.6 Å². The van der Waals surface area contributed by atoms with Gasteiger partial charge >= 0.3 is 5.97 Å². The van der Waals surface area contributed by atoms with Crippen LogP contribution in [0.25, 0.3) is 0 Å². The molecule has 0 radical (unpaired) electrons. The molecule has 5 atom stereocenters. The summed E-state index contributed by atoms with van der Waals surface area (Å²) in [7, 11) is 0. The number of aliphatic hydroxyl groups is 1. The highest BCUT2D eigenvalue weighted by Crippen LogP contribution is 2.11. The van der Waals surface area contributed by atoms with Gasteiger partial charge in [-0.05, 0) is 97.6 Å². The maximum absolute atomic E-state index is 13.3. The van der Waals surface area contributed by atoms with Gasteiger partial charge in [-0.2, -0.15) is 0 Å². The number of hydrogen-bond acceptors (Lipinski definition) is 8. The SMILES string of the molecule is CCCCCCCC/C=C/CCCCCCCC(=O)N[C@@H](CCCCN)C(=O)N[C@H](C(=O)N[C@@H](C)C(=O)N[C@@H](CCCCN)C(=O)O)[C@@H](C)O. The fourth-order valence-electron chi connectivity index (χ4n) is 5.46. The molecule has 13 heteroatoms. The van der Waals surface area contributed by atoms with E-state index < -0.39 is 54.0 Å². The molecule has 0 aliphatic heterocycles. The number of rotatable bonds is 32. The van der Waals surface area contributed by atoms with Crippen molar-refractivity contribution in [3.05, 3.63) is 12.2 Å². The van der Waals surface area contributed by atoms with Crippen LogP contribution >= 0.6 is 0 Å². The molecule has 0 aromatic rings. The predicted octanol–water partition coefficient (Wildman–Crippen LogP) is 3.71. The molecule has 290 valence electrons. The van der Waals surface area contributed by atoms with Crippen molar-refractivity contribution in [3.63, 3.8) is 0 Å². The average molecular weight is 711 g/mol. The Morgan fingerprint density at radius 3 is 1.64 bits per heavy atom. The first-order valence-electron chi connectivity index (χ1n) is 19.1. The van der Waals surface area contributed by atoms with Gasteiger partial charge in [0.05, 0.1) is 6.10 Å². The van der Waals surface area contributed by atoms with E-state index in [-0.39, 0.29) is 18.7 Å². The molecule has 0 heterocycles. The number of carboxylic acid groups (broad SMARTS) is 1. The van der Waals surface area contributed by atoms with Gasteiger partial charge in [-0.25, -0.2) is 4.79 Å². The van der Waals surface area contributed by atoms with Crippen LogP contribution in [0.1, 0.15) is 149 Å². The minimum Gasteiger partial charge on any atom is -0.480 e. The number of allylic oxidation sites excluding steroid dienone is 2. The molecule has 0 spiro atoms. The Hall–Kier alpha value is -3.03. The molecule has 0 rings (SSSR count). The molecule has 0 saturated carbocycles. The quantitative estimate of drug-likeness (QED) is 0.0376. The number of aliphatic carboxylic acids is 1. The third-order valence-electron chi connectivity index (χ3n) is 8.64. The topological polar surface area (TPSA) is 226 Å². The summed E-state index contributed by atoms with van der Waals surface area (Å²) in [6.45, 7) is 5.75. The summed E-state index contributed by atoms with van der Waals surface area (Å²) in [6, 6.07) is -4.65. The van der Waals surface area contributed by atoms with Crippen molar-refractivity contribution in [2.75, 3.05) is 13.1 Å². The molecule has 0 aliphatic carbocycles. The van der Waals surface area contributed by atoms with Crippen molar-refractivity contribution in [1.82, 2.24) is 21.3 Å². The molecule has 13 nitrogen and oxygen atoms in total. The van der Waals surface area contributed by atoms with Gasteiger partial charge in [0.1, 0.15) is 24.2 Å². The van der Waals surface area contributed by atoms with Gasteiger partial charge in [-0.1, -0.05) is 70.4 Å². The van der Waals surface area contributed by atoms with Crippen LogP contribution in [0, 0.1) is 0 Å². The number of unbranched alkanes of at least 4 members (excludes halogenated alkanes) is 13. The third kappa shape index (κ3) is 24.2. The summed E-state index contributed by atoms with van der Waals surface area (Å²) in [4.78, 5) is 63.3. The van der Waals surface area contributed by atoms with Crippen LogP contribution in [0.5, 0.6) is 0 Å². The summed E-state index contributed by atoms with van der Waals surface area (Å²) < 4.78 is 0. The van der Waals surface area contributed by atoms with Crippen LogP contribution < -0.4 is 32.7 Å². The molecule has 0 bridgehead atoms. The lowest BCUT2D eigenvalue weighted by Gasteiger charge is -2.26. The van der Waals surface area contributed by atoms with E-state index in [1.54, 1.807) is 0 Å². The highest BCUT2D eigenvalue weighted by atomic mass is 16.4. The maximum atomic E-state index is 13.3. The molecule has 4 amide bonds. The van der Waals surface area contributed by atoms with Crippen LogP contribution in [0.2, 0.25) is 0 Å². The van der Waals surface area contributed by atoms with Crippen LogP contribution in [0.15, 0.2) is 12.2 Å². The van der Waals surface area contributed by atoms with E-state index in [2.05, 4.69) is 40.3 Å². The fraction of sp³-hybridized carbons (Fsp3) is 0.811. The van der Waals surface area contributed by atoms with Gasteiger partial charge in [-0.3, -0.25) is 19.2 Å². The van der Waals surface area contributed by atoms with E-state index in [0.29, 0.717) is 51.6 Å². The molecular formula is C37H70N6O7. The second-order valence-corrected chi connectivity index (χ2v) is 13.4. The van der Waals surface area contributed by atoms with Crippen molar-refractivity contribution in [3.8, 4) is 0 Å². The number of hydrogen-bond donors (Lipinski definition) is 8. The van der Waals surface area contributed by atoms with Gasteiger partial charge in [-0.15, -0.1) is 0 Å². The number of carbonyl (C=O) groups is 5. The Bertz CT molecular complexity index is 978. The molecule has 50 heavy (non-hydrogen) atoms. The molecule has 0 unspecified atom stereocenters. The van der Waals surface area contributed by atoms with Gasteiger partial charge < -0.3 is 42.9 Å². The summed E-state index contributed by atoms with van der Waals surface area (Å²) >= 11 is 0. The van der Waals surface area contributed by atoms with Crippen LogP contribution in [-0.2, 0) is 24.0 Å². The second-order valence-electron chi connectivity index (χ2n) is 13.4. The normalized spacial score (nSPS) is 14.4. The average Bonchev–Trinajstić information content (AvgIpc) is 3.07. The molecule has 0 fully saturated rings. The van der Waals surface area contributed by atoms with Crippen molar-refractivity contribution in [2.24, 2.45) is 11.5 Å². The van der Waals surface area contributed by atoms with E-state index >= 15 is 0 Å². The lowest BCUT2D eigenvalue weighted by Crippen LogP contribution is -2.59. The van der Waals surface area contributed by atoms with E-state index in [9.17, 15) is 34.2 Å². The lowest BCUT2D eigenvalue weighted by molar-refractivity contribution is -0.142. The standard InChI is InChI=1S/C37H70N6O7/c1-4-5-6-7-8-9-10-11-12-13-14-15-16-17-18-25-32(45)41-30(23-19-21-26-38)35(47)43-33(29(3)44)36(48)40-28(2)34(46)42-31(37(49)50)24-20-22-27-39/h11-12,28-31,33,44H,4-10,13-27,38-39H2,1-3H3,(H,40,48)(H,41,45)(H,42,46)(H,43,47)(H,49,50)/b12-11+/t28-,29+,30-,31-,33-/m0/s1. The summed E-state index contributed by atoms with van der Waals surface area (Å²) in [5.41, 5.74) is 11.1. The van der Waals surface area contributed by atoms with Crippen LogP contribution in [-0.4, -0.2) is 83.2 Å². The second kappa shape index (κ2) is 30.8. The zero-order valence-electron chi connectivity index (χ0n) is 31.2. The summed E-state index contributed by atoms with van der Waals surface area (Å²) in [5, 5.41) is 29.9. The van der Waals surface area contributed by atoms with Crippen molar-refractivity contribution in [2.45, 2.75) is 179 Å². The van der Waals surface area contributed by atoms with E-state index in [4.69, 9.17) is 11.5 Å². The van der Waals surface area contributed by atoms with E-state index in [1.807, 2.05) is 0 Å². The minimum atomic E-state index is -1.42. The first-order valence-corrected chi connectivity index (χ1v) is 19.1. The molecule has 0 aromatic heterocycles. The zero-order chi connectivity index (χ0) is 37.6. The smallest absolute Gasteiger partial charge is 0.326 e. The highest BCUT2D eigenvalue weighted by Gasteiger charge is 2.32. The molecule has 0 aromatic carbocycles. The molecule has 10 N–H and O–H groups in total. The van der Waals surface area contributed by atoms with Gasteiger partial charge in [0.15, 0.2) is 0 Å². The Labute approximate surface area is 300 Å². The Morgan fingerprint density at radius 1 is 0.600 bits per heavy atom. The Kier molecular flexibility index (Phi) is 28.9. The fourth-order valence-corrected chi connectivity index (χ4v) is 5.46. The van der Waals surface area contributed by atoms with Crippen LogP contribution in [0.4, 0.5) is 0 Å². The van der Waals surface area contributed by atoms with E-state index in [1.165, 1.54) is 52.4 Å². The molecule has 0 aliphatic rings. The lowest BCUT2D eigenvalue weighted by atomic mass is 10.1. The first-order chi connectivity index (χ1) is 24.0. The summed E-state index contributed by atoms with van der Waals surface area (Å²) in [5.74, 6) is -3.66.